The van der Waals surface area contributed by atoms with Crippen molar-refractivity contribution < 1.29 is 36.8 Å². The highest BCUT2D eigenvalue weighted by Gasteiger charge is 2.37. The Morgan fingerprint density at radius 2 is 0.479 bits per heavy atom. The molecule has 0 N–H and O–H groups in total. The molecule has 16 nitrogen and oxygen atoms in total. The van der Waals surface area contributed by atoms with Gasteiger partial charge in [-0.25, -0.2) is 0 Å². The van der Waals surface area contributed by atoms with Crippen LogP contribution in [-0.2, 0) is 0 Å². The molecule has 31 rings (SSSR count). The van der Waals surface area contributed by atoms with Crippen molar-refractivity contribution in [1.29, 1.82) is 0 Å². The number of ketones is 4. The molecule has 0 saturated carbocycles. The summed E-state index contributed by atoms with van der Waals surface area (Å²) in [5.74, 6) is -0.236. The topological polar surface area (TPSA) is 207 Å². The van der Waals surface area contributed by atoms with E-state index < -0.39 is 0 Å². The van der Waals surface area contributed by atoms with E-state index in [0.29, 0.717) is 132 Å². The maximum atomic E-state index is 13.9. The minimum absolute atomic E-state index is 0.0521. The molecule has 0 amide bonds. The normalized spacial score (nSPS) is 12.5. The fraction of sp³-hybridized carbons (Fsp3) is 0.0154. The van der Waals surface area contributed by atoms with Gasteiger partial charge in [0, 0.05) is 99.7 Å². The number of benzene rings is 20. The monoisotopic (exact) mass is 1880 g/mol. The summed E-state index contributed by atoms with van der Waals surface area (Å²) in [7, 11) is 0. The Hall–Kier alpha value is -19.8. The molecule has 4 aliphatic carbocycles. The third-order valence-corrected chi connectivity index (χ3v) is 29.4. The van der Waals surface area contributed by atoms with Crippen molar-refractivity contribution in [2.24, 2.45) is 0 Å². The Kier molecular flexibility index (Phi) is 18.7. The van der Waals surface area contributed by atoms with Crippen molar-refractivity contribution in [3.8, 4) is 61.6 Å². The highest BCUT2D eigenvalue weighted by atomic mass is 16.3. The predicted octanol–water partition coefficient (Wildman–Crippen LogP) is 30.0. The highest BCUT2D eigenvalue weighted by Crippen LogP contribution is 2.50. The van der Waals surface area contributed by atoms with Crippen LogP contribution in [0.5, 0.6) is 0 Å². The molecule has 7 aromatic heterocycles. The summed E-state index contributed by atoms with van der Waals surface area (Å²) in [6.07, 6.45) is 0. The lowest BCUT2D eigenvalue weighted by atomic mass is 10.0. The highest BCUT2D eigenvalue weighted by molar-refractivity contribution is 6.29. The number of hydrogen-bond acceptors (Lipinski definition) is 13. The summed E-state index contributed by atoms with van der Waals surface area (Å²) in [5, 5.41) is 11.1. The fourth-order valence-electron chi connectivity index (χ4n) is 22.8. The van der Waals surface area contributed by atoms with E-state index in [-0.39, 0.29) is 44.8 Å². The molecule has 146 heavy (non-hydrogen) atoms. The average Bonchev–Trinajstić information content (AvgIpc) is 1.55. The fourth-order valence-corrected chi connectivity index (χ4v) is 22.8. The largest absolute Gasteiger partial charge is 0.456 e. The number of para-hydroxylation sites is 12. The summed E-state index contributed by atoms with van der Waals surface area (Å²) >= 11 is 0. The van der Waals surface area contributed by atoms with E-state index in [2.05, 4.69) is 123 Å². The first kappa shape index (κ1) is 84.2. The Morgan fingerprint density at radius 3 is 0.863 bits per heavy atom. The van der Waals surface area contributed by atoms with Gasteiger partial charge in [0.2, 0.25) is 21.7 Å². The van der Waals surface area contributed by atoms with Crippen molar-refractivity contribution in [2.45, 2.75) is 13.8 Å². The molecule has 0 radical (unpaired) electrons. The number of rotatable bonds is 6. The van der Waals surface area contributed by atoms with Crippen LogP contribution in [-0.4, -0.2) is 36.8 Å². The molecule has 0 atom stereocenters. The van der Waals surface area contributed by atoms with E-state index in [1.165, 1.54) is 32.7 Å². The number of carbonyl (C=O) groups is 4. The van der Waals surface area contributed by atoms with Crippen LogP contribution < -0.4 is 26.6 Å². The van der Waals surface area contributed by atoms with Gasteiger partial charge in [-0.05, 0) is 258 Å². The summed E-state index contributed by atoms with van der Waals surface area (Å²) in [4.78, 5) is 110. The molecular weight excluding hydrogens is 1810 g/mol. The minimum atomic E-state index is -0.0912. The second-order valence-corrected chi connectivity index (χ2v) is 37.5. The molecule has 0 fully saturated rings. The molecule has 20 aromatic carbocycles. The number of aryl methyl sites for hydroxylation is 2. The quantitative estimate of drug-likeness (QED) is 0.142. The molecule has 4 aliphatic rings. The van der Waals surface area contributed by atoms with Crippen molar-refractivity contribution in [3.05, 3.63) is 509 Å². The van der Waals surface area contributed by atoms with Gasteiger partial charge in [-0.15, -0.1) is 0 Å². The summed E-state index contributed by atoms with van der Waals surface area (Å²) < 4.78 is 30.8. The van der Waals surface area contributed by atoms with Gasteiger partial charge < -0.3 is 36.3 Å². The lowest BCUT2D eigenvalue weighted by molar-refractivity contribution is 0.103. The van der Waals surface area contributed by atoms with Gasteiger partial charge in [0.1, 0.15) is 44.7 Å². The smallest absolute Gasteiger partial charge is 0.200 e. The minimum Gasteiger partial charge on any atom is -0.456 e. The van der Waals surface area contributed by atoms with E-state index >= 15 is 0 Å². The first-order valence-corrected chi connectivity index (χ1v) is 48.2. The maximum Gasteiger partial charge on any atom is 0.200 e. The zero-order chi connectivity index (χ0) is 97.9. The Morgan fingerprint density at radius 1 is 0.185 bits per heavy atom. The number of carbonyl (C=O) groups excluding carboxylic acids is 4. The van der Waals surface area contributed by atoms with Gasteiger partial charge in [-0.1, -0.05) is 224 Å². The standard InChI is InChI=1S/C34H21NO3.2C32H17NO3.C32H19NO3/c1-18-7-5-10-22-23-11-6-8-19(2)32(23)35(31(18)22)20-13-14-21-25-16-28-30(17-27(25)34(37)26(21)15-20)38-29-12-4-3-9-24(29)33(28)36;34-31-21-10-3-6-15-28(21)36-29-17-23-22(16-24(29)31)20-11-7-14-27(30(20)32(23)35)33-25-12-4-1-8-18(25)19-9-2-5-13-26(19)33;34-31-22-9-3-6-12-29(22)36-30-17-25-23(16-26(30)31)19-14-13-18(15-24(19)32(25)35)33-27-10-4-1-7-20(27)21-8-2-5-11-28(21)33;34-31-24-13-7-8-14-29(24)36-30-19-27-25(18-28(30)31)23-16-15-22(17-26(23)32(27)35)33(20-9-3-1-4-10-20)21-11-5-2-6-12-21/h3-17H,1-2H3;2*1-17H;1-19H. The van der Waals surface area contributed by atoms with E-state index in [4.69, 9.17) is 17.7 Å². The number of fused-ring (bicyclic) bond motifs is 29. The van der Waals surface area contributed by atoms with Crippen molar-refractivity contribution in [1.82, 2.24) is 13.7 Å². The molecule has 0 saturated heterocycles. The van der Waals surface area contributed by atoms with Crippen LogP contribution in [0.15, 0.2) is 449 Å². The third-order valence-electron chi connectivity index (χ3n) is 29.4. The molecule has 0 aliphatic heterocycles. The molecule has 0 bridgehead atoms. The Bertz CT molecular complexity index is 10600. The van der Waals surface area contributed by atoms with Crippen LogP contribution in [0, 0.1) is 13.8 Å². The van der Waals surface area contributed by atoms with E-state index in [1.54, 1.807) is 78.9 Å². The second-order valence-electron chi connectivity index (χ2n) is 37.5. The van der Waals surface area contributed by atoms with Crippen LogP contribution in [0.1, 0.15) is 74.8 Å². The van der Waals surface area contributed by atoms with E-state index in [0.717, 1.165) is 123 Å². The van der Waals surface area contributed by atoms with E-state index in [9.17, 15) is 38.4 Å². The van der Waals surface area contributed by atoms with Crippen LogP contribution in [0.2, 0.25) is 0 Å². The SMILES string of the molecule is Cc1cccc2c3cccc(C)c3n(-c3ccc4c(c3)C(=O)c3cc5oc6ccccc6c(=O)c5cc3-4)c12.O=C1c2cc(-n3c4ccccc4c4ccccc43)ccc2-c2cc3c(=O)c4ccccc4oc3cc21.O=C1c2cc(N(c3ccccc3)c3ccccc3)ccc2-c2cc3c(=O)c4ccccc4oc3cc21.O=C1c2cc3oc4ccccc4c(=O)c3cc2-c2cccc(-n3c4ccccc4c4ccccc43)c21. The van der Waals surface area contributed by atoms with Gasteiger partial charge in [0.25, 0.3) is 0 Å². The predicted molar refractivity (Wildman–Crippen MR) is 583 cm³/mol. The number of aromatic nitrogens is 3. The van der Waals surface area contributed by atoms with Gasteiger partial charge >= 0.3 is 0 Å². The summed E-state index contributed by atoms with van der Waals surface area (Å²) in [5.41, 5.74) is 29.2. The lowest BCUT2D eigenvalue weighted by Gasteiger charge is -2.25. The zero-order valence-electron chi connectivity index (χ0n) is 77.9. The molecule has 7 heterocycles. The molecule has 16 heteroatoms. The van der Waals surface area contributed by atoms with E-state index in [1.807, 2.05) is 243 Å². The first-order valence-electron chi connectivity index (χ1n) is 48.2. The van der Waals surface area contributed by atoms with Gasteiger partial charge in [-0.2, -0.15) is 0 Å². The number of hydrogen-bond donors (Lipinski definition) is 0. The number of nitrogens with zero attached hydrogens (tertiary/aromatic N) is 4. The average molecular weight is 1880 g/mol. The van der Waals surface area contributed by atoms with Gasteiger partial charge in [0.05, 0.1) is 87.4 Å². The van der Waals surface area contributed by atoms with Crippen LogP contribution in [0.3, 0.4) is 0 Å². The van der Waals surface area contributed by atoms with Crippen LogP contribution >= 0.6 is 0 Å². The van der Waals surface area contributed by atoms with Crippen molar-refractivity contribution >= 4 is 193 Å². The molecule has 0 unspecified atom stereocenters. The molecule has 27 aromatic rings. The van der Waals surface area contributed by atoms with Crippen molar-refractivity contribution in [3.63, 3.8) is 0 Å². The van der Waals surface area contributed by atoms with Gasteiger partial charge in [0.15, 0.2) is 23.1 Å². The van der Waals surface area contributed by atoms with Gasteiger partial charge in [-0.3, -0.25) is 38.4 Å². The first-order chi connectivity index (χ1) is 71.6. The zero-order valence-corrected chi connectivity index (χ0v) is 77.9. The molecular formula is C130H74N4O12. The summed E-state index contributed by atoms with van der Waals surface area (Å²) in [6, 6.07) is 133. The van der Waals surface area contributed by atoms with Crippen molar-refractivity contribution in [2.75, 3.05) is 4.90 Å². The van der Waals surface area contributed by atoms with Crippen LogP contribution in [0.25, 0.3) is 215 Å². The lowest BCUT2D eigenvalue weighted by Crippen LogP contribution is -2.10. The Balaban J connectivity index is 0.0000000943. The molecule has 0 spiro atoms. The second kappa shape index (κ2) is 32.4. The maximum absolute atomic E-state index is 13.9. The van der Waals surface area contributed by atoms with Crippen LogP contribution in [0.4, 0.5) is 17.1 Å². The third kappa shape index (κ3) is 12.7. The summed E-state index contributed by atoms with van der Waals surface area (Å²) in [6.45, 7) is 4.25. The number of anilines is 3. The Labute approximate surface area is 827 Å². The molecule has 686 valence electrons.